The predicted octanol–water partition coefficient (Wildman–Crippen LogP) is 2.35. The lowest BCUT2D eigenvalue weighted by atomic mass is 10.0. The fourth-order valence-corrected chi connectivity index (χ4v) is 3.42. The minimum Gasteiger partial charge on any atom is -0.391 e. The summed E-state index contributed by atoms with van der Waals surface area (Å²) in [4.78, 5) is 18.9. The number of imidazole rings is 1. The second-order valence-corrected chi connectivity index (χ2v) is 6.38. The van der Waals surface area contributed by atoms with Crippen molar-refractivity contribution in [1.82, 2.24) is 14.3 Å². The molecule has 0 bridgehead atoms. The molecule has 1 aromatic carbocycles. The van der Waals surface area contributed by atoms with Crippen molar-refractivity contribution in [2.24, 2.45) is 0 Å². The Morgan fingerprint density at radius 3 is 2.80 bits per heavy atom. The van der Waals surface area contributed by atoms with Crippen molar-refractivity contribution in [3.63, 3.8) is 0 Å². The van der Waals surface area contributed by atoms with Crippen LogP contribution < -0.4 is 0 Å². The average molecular weight is 339 g/mol. The van der Waals surface area contributed by atoms with Crippen LogP contribution in [0.25, 0.3) is 5.65 Å². The fraction of sp³-hybridized carbons (Fsp3) is 0.263. The van der Waals surface area contributed by atoms with E-state index in [9.17, 15) is 14.3 Å². The first-order valence-electron chi connectivity index (χ1n) is 8.26. The highest BCUT2D eigenvalue weighted by Crippen LogP contribution is 2.32. The number of aliphatic hydroxyl groups is 1. The molecular formula is C19H18FN3O2. The molecule has 0 radical (unpaired) electrons. The number of halogens is 1. The number of aromatic nitrogens is 2. The number of β-amino-alcohol motifs (C(OH)–C–C–N with tert-alkyl or cyclic N) is 1. The van der Waals surface area contributed by atoms with Gasteiger partial charge in [-0.15, -0.1) is 0 Å². The number of hydrogen-bond donors (Lipinski definition) is 1. The predicted molar refractivity (Wildman–Crippen MR) is 90.4 cm³/mol. The van der Waals surface area contributed by atoms with E-state index in [1.165, 1.54) is 12.1 Å². The molecule has 5 nitrogen and oxygen atoms in total. The summed E-state index contributed by atoms with van der Waals surface area (Å²) in [5.74, 6) is -0.404. The number of benzene rings is 1. The van der Waals surface area contributed by atoms with Gasteiger partial charge < -0.3 is 14.4 Å². The molecule has 0 saturated carbocycles. The molecule has 1 N–H and O–H groups in total. The first kappa shape index (κ1) is 15.8. The summed E-state index contributed by atoms with van der Waals surface area (Å²) in [6.07, 6.45) is 3.79. The minimum absolute atomic E-state index is 0.0886. The van der Waals surface area contributed by atoms with E-state index in [-0.39, 0.29) is 30.7 Å². The maximum absolute atomic E-state index is 13.2. The van der Waals surface area contributed by atoms with Crippen molar-refractivity contribution in [3.8, 4) is 0 Å². The molecule has 4 rings (SSSR count). The molecule has 3 heterocycles. The Kier molecular flexibility index (Phi) is 3.97. The minimum atomic E-state index is -0.569. The van der Waals surface area contributed by atoms with Crippen molar-refractivity contribution in [3.05, 3.63) is 71.9 Å². The molecule has 2 atom stereocenters. The number of fused-ring (bicyclic) bond motifs is 1. The molecule has 2 unspecified atom stereocenters. The van der Waals surface area contributed by atoms with Gasteiger partial charge in [-0.05, 0) is 36.2 Å². The molecule has 1 saturated heterocycles. The standard InChI is InChI=1S/C19H18FN3O2/c20-14-6-4-13(5-7-14)17-10-16(24)12-23(17)19(25)9-15-11-22-8-2-1-3-18(22)21-15/h1-8,11,16-17,24H,9-10,12H2. The van der Waals surface area contributed by atoms with Gasteiger partial charge in [0, 0.05) is 18.9 Å². The van der Waals surface area contributed by atoms with Gasteiger partial charge in [-0.2, -0.15) is 0 Å². The Bertz CT molecular complexity index is 873. The molecule has 1 fully saturated rings. The highest BCUT2D eigenvalue weighted by Gasteiger charge is 2.35. The maximum atomic E-state index is 13.2. The summed E-state index contributed by atoms with van der Waals surface area (Å²) in [6, 6.07) is 11.5. The number of likely N-dealkylation sites (tertiary alicyclic amines) is 1. The number of carbonyl (C=O) groups excluding carboxylic acids is 1. The molecular weight excluding hydrogens is 321 g/mol. The summed E-state index contributed by atoms with van der Waals surface area (Å²) in [6.45, 7) is 0.286. The fourth-order valence-electron chi connectivity index (χ4n) is 3.42. The lowest BCUT2D eigenvalue weighted by Gasteiger charge is -2.24. The second-order valence-electron chi connectivity index (χ2n) is 6.38. The third-order valence-electron chi connectivity index (χ3n) is 4.60. The molecule has 1 aliphatic rings. The normalized spacial score (nSPS) is 20.3. The number of carbonyl (C=O) groups is 1. The van der Waals surface area contributed by atoms with E-state index >= 15 is 0 Å². The Morgan fingerprint density at radius 2 is 2.04 bits per heavy atom. The monoisotopic (exact) mass is 339 g/mol. The number of hydrogen-bond acceptors (Lipinski definition) is 3. The van der Waals surface area contributed by atoms with Crippen molar-refractivity contribution in [1.29, 1.82) is 0 Å². The van der Waals surface area contributed by atoms with Gasteiger partial charge >= 0.3 is 0 Å². The quantitative estimate of drug-likeness (QED) is 0.797. The van der Waals surface area contributed by atoms with E-state index in [2.05, 4.69) is 4.98 Å². The molecule has 1 aliphatic heterocycles. The van der Waals surface area contributed by atoms with Crippen LogP contribution in [0.4, 0.5) is 4.39 Å². The molecule has 128 valence electrons. The molecule has 3 aromatic rings. The summed E-state index contributed by atoms with van der Waals surface area (Å²) >= 11 is 0. The number of aliphatic hydroxyl groups excluding tert-OH is 1. The summed E-state index contributed by atoms with van der Waals surface area (Å²) in [7, 11) is 0. The largest absolute Gasteiger partial charge is 0.391 e. The van der Waals surface area contributed by atoms with Crippen LogP contribution >= 0.6 is 0 Å². The highest BCUT2D eigenvalue weighted by atomic mass is 19.1. The zero-order chi connectivity index (χ0) is 17.4. The smallest absolute Gasteiger partial charge is 0.229 e. The SMILES string of the molecule is O=C(Cc1cn2ccccc2n1)N1CC(O)CC1c1ccc(F)cc1. The second kappa shape index (κ2) is 6.29. The van der Waals surface area contributed by atoms with Crippen LogP contribution in [0.2, 0.25) is 0 Å². The van der Waals surface area contributed by atoms with Gasteiger partial charge in [0.2, 0.25) is 5.91 Å². The molecule has 1 amide bonds. The van der Waals surface area contributed by atoms with E-state index in [1.54, 1.807) is 17.0 Å². The van der Waals surface area contributed by atoms with Crippen molar-refractivity contribution < 1.29 is 14.3 Å². The molecule has 2 aromatic heterocycles. The number of amides is 1. The summed E-state index contributed by atoms with van der Waals surface area (Å²) in [5.41, 5.74) is 2.32. The van der Waals surface area contributed by atoms with E-state index in [1.807, 2.05) is 35.0 Å². The van der Waals surface area contributed by atoms with Crippen LogP contribution in [0.1, 0.15) is 23.7 Å². The molecule has 25 heavy (non-hydrogen) atoms. The van der Waals surface area contributed by atoms with Crippen molar-refractivity contribution in [2.75, 3.05) is 6.54 Å². The molecule has 0 spiro atoms. The van der Waals surface area contributed by atoms with E-state index in [0.29, 0.717) is 12.1 Å². The van der Waals surface area contributed by atoms with Crippen molar-refractivity contribution in [2.45, 2.75) is 25.0 Å². The maximum Gasteiger partial charge on any atom is 0.229 e. The first-order chi connectivity index (χ1) is 12.1. The van der Waals surface area contributed by atoms with Crippen molar-refractivity contribution >= 4 is 11.6 Å². The van der Waals surface area contributed by atoms with Gasteiger partial charge in [0.25, 0.3) is 0 Å². The number of pyridine rings is 1. The lowest BCUT2D eigenvalue weighted by molar-refractivity contribution is -0.131. The van der Waals surface area contributed by atoms with Crippen LogP contribution in [-0.2, 0) is 11.2 Å². The van der Waals surface area contributed by atoms with Crippen LogP contribution in [-0.4, -0.2) is 37.9 Å². The number of rotatable bonds is 3. The van der Waals surface area contributed by atoms with Gasteiger partial charge in [-0.1, -0.05) is 18.2 Å². The van der Waals surface area contributed by atoms with Gasteiger partial charge in [-0.25, -0.2) is 9.37 Å². The van der Waals surface area contributed by atoms with Crippen LogP contribution in [0, 0.1) is 5.82 Å². The Balaban J connectivity index is 1.55. The molecule has 6 heteroatoms. The van der Waals surface area contributed by atoms with Gasteiger partial charge in [-0.3, -0.25) is 4.79 Å². The van der Waals surface area contributed by atoms with Gasteiger partial charge in [0.05, 0.1) is 24.3 Å². The van der Waals surface area contributed by atoms with Crippen LogP contribution in [0.15, 0.2) is 54.9 Å². The Morgan fingerprint density at radius 1 is 1.24 bits per heavy atom. The van der Waals surface area contributed by atoms with E-state index in [0.717, 1.165) is 11.2 Å². The lowest BCUT2D eigenvalue weighted by Crippen LogP contribution is -2.33. The van der Waals surface area contributed by atoms with Gasteiger partial charge in [0.1, 0.15) is 11.5 Å². The average Bonchev–Trinajstić information content (AvgIpc) is 3.18. The third kappa shape index (κ3) is 3.13. The number of nitrogens with zero attached hydrogens (tertiary/aromatic N) is 3. The van der Waals surface area contributed by atoms with E-state index in [4.69, 9.17) is 0 Å². The summed E-state index contributed by atoms with van der Waals surface area (Å²) in [5, 5.41) is 10.0. The zero-order valence-electron chi connectivity index (χ0n) is 13.5. The first-order valence-corrected chi connectivity index (χ1v) is 8.26. The third-order valence-corrected chi connectivity index (χ3v) is 4.60. The Hall–Kier alpha value is -2.73. The van der Waals surface area contributed by atoms with E-state index < -0.39 is 6.10 Å². The van der Waals surface area contributed by atoms with Gasteiger partial charge in [0.15, 0.2) is 0 Å². The summed E-state index contributed by atoms with van der Waals surface area (Å²) < 4.78 is 15.0. The van der Waals surface area contributed by atoms with Crippen LogP contribution in [0.5, 0.6) is 0 Å². The van der Waals surface area contributed by atoms with Crippen LogP contribution in [0.3, 0.4) is 0 Å². The molecule has 0 aliphatic carbocycles. The Labute approximate surface area is 144 Å². The topological polar surface area (TPSA) is 57.8 Å². The zero-order valence-corrected chi connectivity index (χ0v) is 13.5. The highest BCUT2D eigenvalue weighted by molar-refractivity contribution is 5.79.